The van der Waals surface area contributed by atoms with Crippen LogP contribution in [0.15, 0.2) is 18.2 Å². The SMILES string of the molecule is CCOCCNC(=S)Nc1ccc2c(c1)OCCO2. The van der Waals surface area contributed by atoms with E-state index in [4.69, 9.17) is 26.4 Å². The molecule has 2 N–H and O–H groups in total. The first-order valence-corrected chi connectivity index (χ1v) is 6.72. The highest BCUT2D eigenvalue weighted by atomic mass is 32.1. The van der Waals surface area contributed by atoms with Crippen molar-refractivity contribution in [1.29, 1.82) is 0 Å². The average molecular weight is 282 g/mol. The van der Waals surface area contributed by atoms with Gasteiger partial charge in [0.25, 0.3) is 0 Å². The Kier molecular flexibility index (Phi) is 5.23. The fourth-order valence-corrected chi connectivity index (χ4v) is 1.90. The number of ether oxygens (including phenoxy) is 3. The van der Waals surface area contributed by atoms with Crippen molar-refractivity contribution in [3.05, 3.63) is 18.2 Å². The largest absolute Gasteiger partial charge is 0.486 e. The van der Waals surface area contributed by atoms with Crippen LogP contribution in [-0.4, -0.2) is 38.1 Å². The molecule has 0 atom stereocenters. The molecule has 104 valence electrons. The molecule has 0 aromatic heterocycles. The number of thiocarbonyl (C=S) groups is 1. The number of rotatable bonds is 5. The van der Waals surface area contributed by atoms with Gasteiger partial charge in [0.05, 0.1) is 6.61 Å². The van der Waals surface area contributed by atoms with Crippen LogP contribution < -0.4 is 20.1 Å². The molecule has 0 saturated carbocycles. The van der Waals surface area contributed by atoms with E-state index in [-0.39, 0.29) is 0 Å². The standard InChI is InChI=1S/C13H18N2O3S/c1-2-16-6-5-14-13(19)15-10-3-4-11-12(9-10)18-8-7-17-11/h3-4,9H,2,5-8H2,1H3,(H2,14,15,19). The van der Waals surface area contributed by atoms with E-state index >= 15 is 0 Å². The molecule has 0 bridgehead atoms. The molecule has 0 radical (unpaired) electrons. The van der Waals surface area contributed by atoms with Gasteiger partial charge in [0, 0.05) is 24.9 Å². The highest BCUT2D eigenvalue weighted by molar-refractivity contribution is 7.80. The topological polar surface area (TPSA) is 51.8 Å². The van der Waals surface area contributed by atoms with Crippen LogP contribution in [0.25, 0.3) is 0 Å². The first-order chi connectivity index (χ1) is 9.29. The van der Waals surface area contributed by atoms with Gasteiger partial charge in [0.2, 0.25) is 0 Å². The van der Waals surface area contributed by atoms with Gasteiger partial charge in [-0.3, -0.25) is 0 Å². The molecular formula is C13H18N2O3S. The second-order valence-corrected chi connectivity index (χ2v) is 4.34. The lowest BCUT2D eigenvalue weighted by Gasteiger charge is -2.19. The minimum Gasteiger partial charge on any atom is -0.486 e. The van der Waals surface area contributed by atoms with E-state index in [2.05, 4.69) is 10.6 Å². The summed E-state index contributed by atoms with van der Waals surface area (Å²) in [5.74, 6) is 1.51. The number of hydrogen-bond donors (Lipinski definition) is 2. The molecule has 0 unspecified atom stereocenters. The van der Waals surface area contributed by atoms with Crippen LogP contribution in [0.5, 0.6) is 11.5 Å². The molecule has 1 aliphatic heterocycles. The third-order valence-electron chi connectivity index (χ3n) is 2.54. The van der Waals surface area contributed by atoms with Crippen molar-refractivity contribution in [2.24, 2.45) is 0 Å². The highest BCUT2D eigenvalue weighted by Gasteiger charge is 2.11. The molecule has 0 saturated heterocycles. The molecule has 5 nitrogen and oxygen atoms in total. The van der Waals surface area contributed by atoms with Crippen molar-refractivity contribution >= 4 is 23.0 Å². The van der Waals surface area contributed by atoms with Crippen molar-refractivity contribution in [3.63, 3.8) is 0 Å². The van der Waals surface area contributed by atoms with Crippen molar-refractivity contribution in [3.8, 4) is 11.5 Å². The van der Waals surface area contributed by atoms with Crippen LogP contribution in [0.4, 0.5) is 5.69 Å². The second-order valence-electron chi connectivity index (χ2n) is 3.94. The summed E-state index contributed by atoms with van der Waals surface area (Å²) in [6.45, 7) is 5.17. The van der Waals surface area contributed by atoms with Crippen LogP contribution in [0.2, 0.25) is 0 Å². The van der Waals surface area contributed by atoms with Gasteiger partial charge in [-0.1, -0.05) is 0 Å². The zero-order valence-electron chi connectivity index (χ0n) is 10.9. The maximum Gasteiger partial charge on any atom is 0.170 e. The molecule has 0 spiro atoms. The number of nitrogens with one attached hydrogen (secondary N) is 2. The van der Waals surface area contributed by atoms with Gasteiger partial charge in [0.1, 0.15) is 13.2 Å². The lowest BCUT2D eigenvalue weighted by molar-refractivity contribution is 0.152. The van der Waals surface area contributed by atoms with Crippen molar-refractivity contribution in [1.82, 2.24) is 5.32 Å². The maximum absolute atomic E-state index is 5.51. The van der Waals surface area contributed by atoms with Gasteiger partial charge < -0.3 is 24.8 Å². The van der Waals surface area contributed by atoms with Gasteiger partial charge in [-0.25, -0.2) is 0 Å². The van der Waals surface area contributed by atoms with Crippen molar-refractivity contribution < 1.29 is 14.2 Å². The third-order valence-corrected chi connectivity index (χ3v) is 2.78. The maximum atomic E-state index is 5.51. The molecule has 1 heterocycles. The Hall–Kier alpha value is -1.53. The summed E-state index contributed by atoms with van der Waals surface area (Å²) in [7, 11) is 0. The molecule has 2 rings (SSSR count). The Balaban J connectivity index is 1.83. The summed E-state index contributed by atoms with van der Waals surface area (Å²) >= 11 is 5.19. The molecule has 1 aliphatic rings. The van der Waals surface area contributed by atoms with E-state index in [1.807, 2.05) is 25.1 Å². The Morgan fingerprint density at radius 1 is 1.32 bits per heavy atom. The number of anilines is 1. The highest BCUT2D eigenvalue weighted by Crippen LogP contribution is 2.32. The number of hydrogen-bond acceptors (Lipinski definition) is 4. The molecular weight excluding hydrogens is 264 g/mol. The fourth-order valence-electron chi connectivity index (χ4n) is 1.68. The summed E-state index contributed by atoms with van der Waals surface area (Å²) in [4.78, 5) is 0. The monoisotopic (exact) mass is 282 g/mol. The van der Waals surface area contributed by atoms with Crippen molar-refractivity contribution in [2.45, 2.75) is 6.92 Å². The van der Waals surface area contributed by atoms with E-state index in [0.29, 0.717) is 38.1 Å². The summed E-state index contributed by atoms with van der Waals surface area (Å²) in [6.07, 6.45) is 0. The molecule has 6 heteroatoms. The lowest BCUT2D eigenvalue weighted by Crippen LogP contribution is -2.31. The van der Waals surface area contributed by atoms with Gasteiger partial charge in [0.15, 0.2) is 16.6 Å². The molecule has 1 aromatic rings. The predicted octanol–water partition coefficient (Wildman–Crippen LogP) is 1.78. The van der Waals surface area contributed by atoms with Crippen LogP contribution in [0.3, 0.4) is 0 Å². The normalized spacial score (nSPS) is 12.9. The second kappa shape index (κ2) is 7.16. The Morgan fingerprint density at radius 2 is 2.11 bits per heavy atom. The quantitative estimate of drug-likeness (QED) is 0.634. The summed E-state index contributed by atoms with van der Waals surface area (Å²) in [5, 5.41) is 6.73. The molecule has 0 aliphatic carbocycles. The Bertz CT molecular complexity index is 440. The first kappa shape index (κ1) is 13.9. The third kappa shape index (κ3) is 4.25. The fraction of sp³-hybridized carbons (Fsp3) is 0.462. The van der Waals surface area contributed by atoms with E-state index in [1.165, 1.54) is 0 Å². The van der Waals surface area contributed by atoms with E-state index in [9.17, 15) is 0 Å². The zero-order valence-corrected chi connectivity index (χ0v) is 11.7. The Morgan fingerprint density at radius 3 is 2.89 bits per heavy atom. The molecule has 0 fully saturated rings. The molecule has 1 aromatic carbocycles. The number of fused-ring (bicyclic) bond motifs is 1. The van der Waals surface area contributed by atoms with Crippen LogP contribution in [0, 0.1) is 0 Å². The first-order valence-electron chi connectivity index (χ1n) is 6.32. The molecule has 19 heavy (non-hydrogen) atoms. The average Bonchev–Trinajstić information content (AvgIpc) is 2.43. The number of benzene rings is 1. The lowest BCUT2D eigenvalue weighted by atomic mass is 10.2. The van der Waals surface area contributed by atoms with Gasteiger partial charge >= 0.3 is 0 Å². The minimum atomic E-state index is 0.566. The molecule has 0 amide bonds. The van der Waals surface area contributed by atoms with Crippen LogP contribution >= 0.6 is 12.2 Å². The predicted molar refractivity (Wildman–Crippen MR) is 78.1 cm³/mol. The smallest absolute Gasteiger partial charge is 0.170 e. The summed E-state index contributed by atoms with van der Waals surface area (Å²) < 4.78 is 16.2. The van der Waals surface area contributed by atoms with Gasteiger partial charge in [-0.15, -0.1) is 0 Å². The van der Waals surface area contributed by atoms with Gasteiger partial charge in [-0.05, 0) is 31.3 Å². The van der Waals surface area contributed by atoms with Crippen molar-refractivity contribution in [2.75, 3.05) is 38.3 Å². The van der Waals surface area contributed by atoms with E-state index < -0.39 is 0 Å². The van der Waals surface area contributed by atoms with Gasteiger partial charge in [-0.2, -0.15) is 0 Å². The van der Waals surface area contributed by atoms with E-state index in [0.717, 1.165) is 17.2 Å². The summed E-state index contributed by atoms with van der Waals surface area (Å²) in [6, 6.07) is 5.66. The van der Waals surface area contributed by atoms with Crippen LogP contribution in [0.1, 0.15) is 6.92 Å². The van der Waals surface area contributed by atoms with Crippen LogP contribution in [-0.2, 0) is 4.74 Å². The Labute approximate surface area is 118 Å². The minimum absolute atomic E-state index is 0.566. The summed E-state index contributed by atoms with van der Waals surface area (Å²) in [5.41, 5.74) is 0.873. The van der Waals surface area contributed by atoms with E-state index in [1.54, 1.807) is 0 Å². The zero-order chi connectivity index (χ0) is 13.5.